The Morgan fingerprint density at radius 2 is 2.15 bits per heavy atom. The lowest BCUT2D eigenvalue weighted by molar-refractivity contribution is 0.575. The predicted molar refractivity (Wildman–Crippen MR) is 69.0 cm³/mol. The topological polar surface area (TPSA) is 144 Å². The Hall–Kier alpha value is -1.85. The molecule has 0 bridgehead atoms. The minimum absolute atomic E-state index is 0.0419. The SMILES string of the molecule is Cc1nn(CCN)c(C)c1S(=O)(=O)NCc1nn[nH]n1. The molecule has 20 heavy (non-hydrogen) atoms. The summed E-state index contributed by atoms with van der Waals surface area (Å²) >= 11 is 0. The van der Waals surface area contributed by atoms with E-state index in [0.717, 1.165) is 0 Å². The van der Waals surface area contributed by atoms with E-state index in [-0.39, 0.29) is 17.3 Å². The molecule has 110 valence electrons. The van der Waals surface area contributed by atoms with Crippen molar-refractivity contribution in [2.45, 2.75) is 31.8 Å². The Labute approximate surface area is 115 Å². The van der Waals surface area contributed by atoms with Gasteiger partial charge in [-0.3, -0.25) is 4.68 Å². The summed E-state index contributed by atoms with van der Waals surface area (Å²) in [6.07, 6.45) is 0. The van der Waals surface area contributed by atoms with Crippen molar-refractivity contribution >= 4 is 10.0 Å². The Morgan fingerprint density at radius 3 is 2.75 bits per heavy atom. The van der Waals surface area contributed by atoms with Gasteiger partial charge in [-0.25, -0.2) is 13.1 Å². The average Bonchev–Trinajstić information content (AvgIpc) is 2.97. The highest BCUT2D eigenvalue weighted by Gasteiger charge is 2.24. The van der Waals surface area contributed by atoms with Gasteiger partial charge in [0, 0.05) is 6.54 Å². The van der Waals surface area contributed by atoms with Gasteiger partial charge in [0.25, 0.3) is 0 Å². The molecule has 0 aromatic carbocycles. The summed E-state index contributed by atoms with van der Waals surface area (Å²) in [4.78, 5) is 0.162. The lowest BCUT2D eigenvalue weighted by Gasteiger charge is -2.06. The first kappa shape index (κ1) is 14.6. The molecule has 2 aromatic heterocycles. The van der Waals surface area contributed by atoms with Crippen molar-refractivity contribution in [2.24, 2.45) is 5.73 Å². The van der Waals surface area contributed by atoms with Crippen molar-refractivity contribution < 1.29 is 8.42 Å². The van der Waals surface area contributed by atoms with Crippen molar-refractivity contribution in [3.63, 3.8) is 0 Å². The van der Waals surface area contributed by atoms with Gasteiger partial charge in [0.15, 0.2) is 5.82 Å². The molecule has 0 aliphatic rings. The summed E-state index contributed by atoms with van der Waals surface area (Å²) in [6.45, 7) is 4.14. The molecule has 0 radical (unpaired) electrons. The Kier molecular flexibility index (Phi) is 4.11. The maximum atomic E-state index is 12.3. The molecule has 0 unspecified atom stereocenters. The van der Waals surface area contributed by atoms with Gasteiger partial charge in [0.2, 0.25) is 10.0 Å². The Balaban J connectivity index is 2.25. The van der Waals surface area contributed by atoms with Crippen molar-refractivity contribution in [1.29, 1.82) is 0 Å². The van der Waals surface area contributed by atoms with Crippen LogP contribution in [0.4, 0.5) is 0 Å². The van der Waals surface area contributed by atoms with Crippen LogP contribution < -0.4 is 10.5 Å². The van der Waals surface area contributed by atoms with Crippen LogP contribution >= 0.6 is 0 Å². The fraction of sp³-hybridized carbons (Fsp3) is 0.556. The summed E-state index contributed by atoms with van der Waals surface area (Å²) in [5.41, 5.74) is 6.44. The smallest absolute Gasteiger partial charge is 0.244 e. The first-order valence-corrected chi connectivity index (χ1v) is 7.40. The lowest BCUT2D eigenvalue weighted by Crippen LogP contribution is -2.25. The summed E-state index contributed by atoms with van der Waals surface area (Å²) in [6, 6.07) is 0. The largest absolute Gasteiger partial charge is 0.329 e. The molecule has 10 nitrogen and oxygen atoms in total. The van der Waals surface area contributed by atoms with Gasteiger partial charge in [0.05, 0.1) is 24.5 Å². The molecule has 2 heterocycles. The van der Waals surface area contributed by atoms with Gasteiger partial charge in [-0.2, -0.15) is 10.3 Å². The Bertz CT molecular complexity index is 675. The molecule has 2 rings (SSSR count). The number of tetrazole rings is 1. The number of hydrogen-bond acceptors (Lipinski definition) is 7. The molecular weight excluding hydrogens is 284 g/mol. The molecule has 4 N–H and O–H groups in total. The van der Waals surface area contributed by atoms with Crippen molar-refractivity contribution in [2.75, 3.05) is 6.54 Å². The third kappa shape index (κ3) is 2.84. The second kappa shape index (κ2) is 5.64. The zero-order valence-electron chi connectivity index (χ0n) is 11.2. The lowest BCUT2D eigenvalue weighted by atomic mass is 10.4. The Morgan fingerprint density at radius 1 is 1.40 bits per heavy atom. The maximum absolute atomic E-state index is 12.3. The van der Waals surface area contributed by atoms with E-state index in [2.05, 4.69) is 30.4 Å². The van der Waals surface area contributed by atoms with E-state index < -0.39 is 10.0 Å². The van der Waals surface area contributed by atoms with Crippen molar-refractivity contribution in [3.05, 3.63) is 17.2 Å². The van der Waals surface area contributed by atoms with Gasteiger partial charge < -0.3 is 5.73 Å². The van der Waals surface area contributed by atoms with Crippen LogP contribution in [-0.4, -0.2) is 45.4 Å². The number of nitrogens with one attached hydrogen (secondary N) is 2. The number of nitrogens with two attached hydrogens (primary N) is 1. The van der Waals surface area contributed by atoms with Crippen LogP contribution in [0.1, 0.15) is 17.2 Å². The number of aromatic nitrogens is 6. The molecule has 0 saturated carbocycles. The van der Waals surface area contributed by atoms with E-state index in [1.54, 1.807) is 18.5 Å². The normalized spacial score (nSPS) is 11.9. The summed E-state index contributed by atoms with van der Waals surface area (Å²) < 4.78 is 28.6. The van der Waals surface area contributed by atoms with Crippen LogP contribution in [0.25, 0.3) is 0 Å². The summed E-state index contributed by atoms with van der Waals surface area (Å²) in [5, 5.41) is 17.2. The molecule has 0 aliphatic carbocycles. The third-order valence-electron chi connectivity index (χ3n) is 2.73. The molecular formula is C9H16N8O2S. The van der Waals surface area contributed by atoms with Crippen molar-refractivity contribution in [3.8, 4) is 0 Å². The van der Waals surface area contributed by atoms with Gasteiger partial charge in [-0.1, -0.05) is 5.21 Å². The first-order chi connectivity index (χ1) is 9.45. The highest BCUT2D eigenvalue weighted by atomic mass is 32.2. The van der Waals surface area contributed by atoms with Gasteiger partial charge >= 0.3 is 0 Å². The van der Waals surface area contributed by atoms with E-state index in [0.29, 0.717) is 24.5 Å². The second-order valence-corrected chi connectivity index (χ2v) is 5.87. The van der Waals surface area contributed by atoms with Gasteiger partial charge in [-0.05, 0) is 13.8 Å². The number of rotatable bonds is 6. The van der Waals surface area contributed by atoms with Crippen LogP contribution in [0, 0.1) is 13.8 Å². The average molecular weight is 300 g/mol. The summed E-state index contributed by atoms with van der Waals surface area (Å²) in [5.74, 6) is 0.262. The first-order valence-electron chi connectivity index (χ1n) is 5.91. The molecule has 0 saturated heterocycles. The number of H-pyrrole nitrogens is 1. The minimum atomic E-state index is -3.69. The molecule has 0 amide bonds. The number of aryl methyl sites for hydroxylation is 1. The number of hydrogen-bond donors (Lipinski definition) is 3. The number of sulfonamides is 1. The molecule has 0 atom stereocenters. The fourth-order valence-corrected chi connectivity index (χ4v) is 3.29. The van der Waals surface area contributed by atoms with E-state index in [4.69, 9.17) is 5.73 Å². The van der Waals surface area contributed by atoms with Crippen LogP contribution in [-0.2, 0) is 23.1 Å². The van der Waals surface area contributed by atoms with Gasteiger partial charge in [0.1, 0.15) is 4.90 Å². The van der Waals surface area contributed by atoms with E-state index in [9.17, 15) is 8.42 Å². The molecule has 0 fully saturated rings. The van der Waals surface area contributed by atoms with E-state index >= 15 is 0 Å². The number of nitrogens with zero attached hydrogens (tertiary/aromatic N) is 5. The van der Waals surface area contributed by atoms with E-state index in [1.807, 2.05) is 0 Å². The quantitative estimate of drug-likeness (QED) is 0.585. The zero-order chi connectivity index (χ0) is 14.8. The van der Waals surface area contributed by atoms with E-state index in [1.165, 1.54) is 0 Å². The third-order valence-corrected chi connectivity index (χ3v) is 4.39. The zero-order valence-corrected chi connectivity index (χ0v) is 12.0. The van der Waals surface area contributed by atoms with Crippen LogP contribution in [0.15, 0.2) is 4.90 Å². The standard InChI is InChI=1S/C9H16N8O2S/c1-6-9(7(2)17(14-6)4-3-10)20(18,19)11-5-8-12-15-16-13-8/h11H,3-5,10H2,1-2H3,(H,12,13,15,16). The highest BCUT2D eigenvalue weighted by molar-refractivity contribution is 7.89. The predicted octanol–water partition coefficient (Wildman–Crippen LogP) is -1.55. The van der Waals surface area contributed by atoms with Gasteiger partial charge in [-0.15, -0.1) is 10.2 Å². The molecule has 0 spiro atoms. The molecule has 2 aromatic rings. The second-order valence-electron chi connectivity index (χ2n) is 4.16. The molecule has 11 heteroatoms. The van der Waals surface area contributed by atoms with Crippen LogP contribution in [0.5, 0.6) is 0 Å². The van der Waals surface area contributed by atoms with Crippen LogP contribution in [0.3, 0.4) is 0 Å². The van der Waals surface area contributed by atoms with Crippen LogP contribution in [0.2, 0.25) is 0 Å². The summed E-state index contributed by atoms with van der Waals surface area (Å²) in [7, 11) is -3.69. The molecule has 0 aliphatic heterocycles. The monoisotopic (exact) mass is 300 g/mol. The minimum Gasteiger partial charge on any atom is -0.329 e. The number of aromatic amines is 1. The fourth-order valence-electron chi connectivity index (χ4n) is 1.90. The maximum Gasteiger partial charge on any atom is 0.244 e. The highest BCUT2D eigenvalue weighted by Crippen LogP contribution is 2.19. The van der Waals surface area contributed by atoms with Crippen molar-refractivity contribution in [1.82, 2.24) is 35.1 Å².